The fourth-order valence-electron chi connectivity index (χ4n) is 3.48. The summed E-state index contributed by atoms with van der Waals surface area (Å²) < 4.78 is 12.2. The predicted octanol–water partition coefficient (Wildman–Crippen LogP) is 2.53. The maximum Gasteiger partial charge on any atom is 0.261 e. The van der Waals surface area contributed by atoms with E-state index in [1.807, 2.05) is 6.07 Å². The number of carbonyl (C=O) groups excluding carboxylic acids is 1. The van der Waals surface area contributed by atoms with E-state index in [4.69, 9.17) is 9.26 Å². The summed E-state index contributed by atoms with van der Waals surface area (Å²) in [6, 6.07) is 7.04. The Bertz CT molecular complexity index is 1320. The molecule has 0 spiro atoms. The second-order valence-corrected chi connectivity index (χ2v) is 8.01. The number of amides is 1. The molecule has 1 N–H and O–H groups in total. The van der Waals surface area contributed by atoms with E-state index in [9.17, 15) is 9.59 Å². The van der Waals surface area contributed by atoms with E-state index in [-0.39, 0.29) is 18.0 Å². The monoisotopic (exact) mass is 423 g/mol. The zero-order valence-electron chi connectivity index (χ0n) is 16.0. The topological polar surface area (TPSA) is 112 Å². The van der Waals surface area contributed by atoms with Crippen LogP contribution >= 0.6 is 11.3 Å². The van der Waals surface area contributed by atoms with Crippen molar-refractivity contribution < 1.29 is 14.1 Å². The van der Waals surface area contributed by atoms with Crippen LogP contribution in [0, 0.1) is 6.92 Å². The van der Waals surface area contributed by atoms with Gasteiger partial charge in [0.05, 0.1) is 36.0 Å². The molecule has 1 amide bonds. The molecule has 9 nitrogen and oxygen atoms in total. The Labute approximate surface area is 174 Å². The highest BCUT2D eigenvalue weighted by Gasteiger charge is 2.26. The zero-order chi connectivity index (χ0) is 20.7. The molecular formula is C20H17N5O4S. The lowest BCUT2D eigenvalue weighted by molar-refractivity contribution is -0.116. The van der Waals surface area contributed by atoms with Gasteiger partial charge in [0.2, 0.25) is 5.91 Å². The summed E-state index contributed by atoms with van der Waals surface area (Å²) in [6.45, 7) is 2.66. The summed E-state index contributed by atoms with van der Waals surface area (Å²) in [6.07, 6.45) is 2.09. The lowest BCUT2D eigenvalue weighted by Crippen LogP contribution is -2.27. The number of hydrogen-bond donors (Lipinski definition) is 1. The smallest absolute Gasteiger partial charge is 0.261 e. The van der Waals surface area contributed by atoms with Gasteiger partial charge in [-0.3, -0.25) is 14.2 Å². The first kappa shape index (κ1) is 18.6. The molecule has 0 bridgehead atoms. The molecule has 1 aliphatic heterocycles. The van der Waals surface area contributed by atoms with Gasteiger partial charge in [-0.2, -0.15) is 4.98 Å². The highest BCUT2D eigenvalue weighted by Crippen LogP contribution is 2.42. The minimum atomic E-state index is -0.341. The van der Waals surface area contributed by atoms with Crippen molar-refractivity contribution in [2.75, 3.05) is 11.9 Å². The molecule has 30 heavy (non-hydrogen) atoms. The van der Waals surface area contributed by atoms with Crippen LogP contribution in [0.5, 0.6) is 0 Å². The number of nitrogens with one attached hydrogen (secondary N) is 1. The Hall–Kier alpha value is -3.37. The molecule has 0 unspecified atom stereocenters. The van der Waals surface area contributed by atoms with E-state index >= 15 is 0 Å². The van der Waals surface area contributed by atoms with Crippen LogP contribution in [-0.2, 0) is 29.1 Å². The minimum Gasteiger partial charge on any atom is -0.376 e. The first-order chi connectivity index (χ1) is 14.6. The number of anilines is 1. The van der Waals surface area contributed by atoms with Gasteiger partial charge in [-0.05, 0) is 31.0 Å². The van der Waals surface area contributed by atoms with E-state index in [2.05, 4.69) is 20.4 Å². The van der Waals surface area contributed by atoms with Gasteiger partial charge in [0.15, 0.2) is 5.82 Å². The number of fused-ring (bicyclic) bond motifs is 2. The maximum absolute atomic E-state index is 12.8. The standard InChI is InChI=1S/C20H17N5O4S/c1-11-22-18(29-24-11)17-13-6-7-28-9-15(13)30-19(17)23-16(26)8-25-10-21-14-5-3-2-4-12(14)20(25)27/h2-5,10H,6-9H2,1H3,(H,23,26). The van der Waals surface area contributed by atoms with Gasteiger partial charge in [-0.15, -0.1) is 11.3 Å². The van der Waals surface area contributed by atoms with Crippen LogP contribution in [0.2, 0.25) is 0 Å². The Morgan fingerprint density at radius 2 is 2.20 bits per heavy atom. The largest absolute Gasteiger partial charge is 0.376 e. The number of para-hydroxylation sites is 1. The van der Waals surface area contributed by atoms with E-state index in [0.29, 0.717) is 47.3 Å². The Morgan fingerprint density at radius 1 is 1.33 bits per heavy atom. The normalized spacial score (nSPS) is 13.4. The highest BCUT2D eigenvalue weighted by molar-refractivity contribution is 7.17. The van der Waals surface area contributed by atoms with Crippen LogP contribution in [-0.4, -0.2) is 32.2 Å². The van der Waals surface area contributed by atoms with E-state index in [1.54, 1.807) is 25.1 Å². The van der Waals surface area contributed by atoms with Crippen molar-refractivity contribution in [3.8, 4) is 11.5 Å². The van der Waals surface area contributed by atoms with Crippen molar-refractivity contribution in [3.05, 3.63) is 57.2 Å². The summed E-state index contributed by atoms with van der Waals surface area (Å²) in [5.41, 5.74) is 2.12. The minimum absolute atomic E-state index is 0.155. The average molecular weight is 423 g/mol. The Kier molecular flexibility index (Phi) is 4.64. The molecule has 152 valence electrons. The summed E-state index contributed by atoms with van der Waals surface area (Å²) >= 11 is 1.42. The van der Waals surface area contributed by atoms with Crippen LogP contribution in [0.25, 0.3) is 22.4 Å². The van der Waals surface area contributed by atoms with E-state index in [1.165, 1.54) is 22.2 Å². The fraction of sp³-hybridized carbons (Fsp3) is 0.250. The summed E-state index contributed by atoms with van der Waals surface area (Å²) in [5, 5.41) is 7.86. The zero-order valence-corrected chi connectivity index (χ0v) is 16.9. The predicted molar refractivity (Wildman–Crippen MR) is 110 cm³/mol. The van der Waals surface area contributed by atoms with Gasteiger partial charge < -0.3 is 14.6 Å². The average Bonchev–Trinajstić information content (AvgIpc) is 3.32. The van der Waals surface area contributed by atoms with E-state index in [0.717, 1.165) is 16.0 Å². The van der Waals surface area contributed by atoms with Crippen LogP contribution in [0.15, 0.2) is 39.9 Å². The van der Waals surface area contributed by atoms with Gasteiger partial charge in [0, 0.05) is 4.88 Å². The molecule has 0 radical (unpaired) electrons. The number of hydrogen-bond acceptors (Lipinski definition) is 8. The quantitative estimate of drug-likeness (QED) is 0.537. The number of aryl methyl sites for hydroxylation is 1. The van der Waals surface area contributed by atoms with Gasteiger partial charge >= 0.3 is 0 Å². The lowest BCUT2D eigenvalue weighted by atomic mass is 10.1. The number of nitrogens with zero attached hydrogens (tertiary/aromatic N) is 4. The molecule has 1 aliphatic rings. The molecule has 0 saturated heterocycles. The molecule has 3 aromatic heterocycles. The molecule has 10 heteroatoms. The lowest BCUT2D eigenvalue weighted by Gasteiger charge is -2.12. The molecule has 0 atom stereocenters. The molecule has 0 aliphatic carbocycles. The Balaban J connectivity index is 1.46. The maximum atomic E-state index is 12.8. The molecule has 4 aromatic rings. The Morgan fingerprint density at radius 3 is 3.03 bits per heavy atom. The highest BCUT2D eigenvalue weighted by atomic mass is 32.1. The molecular weight excluding hydrogens is 406 g/mol. The second kappa shape index (κ2) is 7.47. The van der Waals surface area contributed by atoms with Crippen molar-refractivity contribution >= 4 is 33.1 Å². The first-order valence-corrected chi connectivity index (χ1v) is 10.2. The first-order valence-electron chi connectivity index (χ1n) is 9.37. The summed E-state index contributed by atoms with van der Waals surface area (Å²) in [4.78, 5) is 35.1. The number of carbonyl (C=O) groups is 1. The summed E-state index contributed by atoms with van der Waals surface area (Å²) in [5.74, 6) is 0.543. The number of aromatic nitrogens is 4. The summed E-state index contributed by atoms with van der Waals surface area (Å²) in [7, 11) is 0. The molecule has 0 fully saturated rings. The van der Waals surface area contributed by atoms with Gasteiger partial charge in [-0.25, -0.2) is 4.98 Å². The van der Waals surface area contributed by atoms with Gasteiger partial charge in [-0.1, -0.05) is 17.3 Å². The molecule has 1 aromatic carbocycles. The third-order valence-corrected chi connectivity index (χ3v) is 5.98. The second-order valence-electron chi connectivity index (χ2n) is 6.90. The van der Waals surface area contributed by atoms with Crippen molar-refractivity contribution in [2.24, 2.45) is 0 Å². The van der Waals surface area contributed by atoms with Crippen LogP contribution in [0.4, 0.5) is 5.00 Å². The van der Waals surface area contributed by atoms with E-state index < -0.39 is 0 Å². The van der Waals surface area contributed by atoms with Gasteiger partial charge in [0.1, 0.15) is 11.5 Å². The number of rotatable bonds is 4. The molecule has 0 saturated carbocycles. The third-order valence-electron chi connectivity index (χ3n) is 4.86. The number of ether oxygens (including phenoxy) is 1. The van der Waals surface area contributed by atoms with Crippen molar-refractivity contribution in [2.45, 2.75) is 26.5 Å². The van der Waals surface area contributed by atoms with Crippen molar-refractivity contribution in [1.82, 2.24) is 19.7 Å². The molecule has 4 heterocycles. The van der Waals surface area contributed by atoms with Crippen molar-refractivity contribution in [3.63, 3.8) is 0 Å². The fourth-order valence-corrected chi connectivity index (χ4v) is 4.68. The van der Waals surface area contributed by atoms with Crippen LogP contribution in [0.1, 0.15) is 16.3 Å². The van der Waals surface area contributed by atoms with Crippen LogP contribution in [0.3, 0.4) is 0 Å². The van der Waals surface area contributed by atoms with Crippen molar-refractivity contribution in [1.29, 1.82) is 0 Å². The SMILES string of the molecule is Cc1noc(-c2c(NC(=O)Cn3cnc4ccccc4c3=O)sc3c2CCOC3)n1. The van der Waals surface area contributed by atoms with Crippen LogP contribution < -0.4 is 10.9 Å². The number of thiophene rings is 1. The van der Waals surface area contributed by atoms with Gasteiger partial charge in [0.25, 0.3) is 11.4 Å². The number of benzene rings is 1. The third kappa shape index (κ3) is 3.29. The molecule has 5 rings (SSSR count).